The minimum atomic E-state index is -0.623. The molecule has 0 saturated carbocycles. The third-order valence-corrected chi connectivity index (χ3v) is 4.14. The Morgan fingerprint density at radius 1 is 1.38 bits per heavy atom. The van der Waals surface area contributed by atoms with Gasteiger partial charge in [0.1, 0.15) is 10.6 Å². The van der Waals surface area contributed by atoms with Crippen LogP contribution >= 0.6 is 11.6 Å². The highest BCUT2D eigenvalue weighted by Gasteiger charge is 2.28. The number of piperidine rings is 1. The van der Waals surface area contributed by atoms with E-state index in [4.69, 9.17) is 16.3 Å². The zero-order chi connectivity index (χ0) is 19.5. The van der Waals surface area contributed by atoms with Crippen molar-refractivity contribution in [3.05, 3.63) is 38.9 Å². The zero-order valence-corrected chi connectivity index (χ0v) is 15.7. The van der Waals surface area contributed by atoms with E-state index in [2.05, 4.69) is 5.32 Å². The molecule has 0 radical (unpaired) electrons. The lowest BCUT2D eigenvalue weighted by Crippen LogP contribution is -2.50. The largest absolute Gasteiger partial charge is 0.444 e. The summed E-state index contributed by atoms with van der Waals surface area (Å²) >= 11 is 5.79. The van der Waals surface area contributed by atoms with Gasteiger partial charge in [0.2, 0.25) is 0 Å². The average Bonchev–Trinajstić information content (AvgIpc) is 2.52. The maximum absolute atomic E-state index is 12.7. The molecule has 1 atom stereocenters. The molecule has 1 aliphatic heterocycles. The van der Waals surface area contributed by atoms with Crippen LogP contribution in [0.5, 0.6) is 0 Å². The number of rotatable bonds is 3. The van der Waals surface area contributed by atoms with Gasteiger partial charge in [-0.15, -0.1) is 0 Å². The summed E-state index contributed by atoms with van der Waals surface area (Å²) in [5.74, 6) is -0.333. The van der Waals surface area contributed by atoms with Gasteiger partial charge in [-0.05, 0) is 45.7 Å². The van der Waals surface area contributed by atoms with Crippen LogP contribution in [-0.4, -0.2) is 46.6 Å². The molecule has 1 heterocycles. The Morgan fingerprint density at radius 2 is 2.08 bits per heavy atom. The van der Waals surface area contributed by atoms with Gasteiger partial charge in [0.05, 0.1) is 4.92 Å². The lowest BCUT2D eigenvalue weighted by Gasteiger charge is -2.33. The van der Waals surface area contributed by atoms with Crippen molar-refractivity contribution in [1.82, 2.24) is 10.2 Å². The first-order chi connectivity index (χ1) is 12.1. The number of nitrogens with zero attached hydrogens (tertiary/aromatic N) is 2. The SMILES string of the molecule is CC(C)(C)OC(=O)N[C@@H]1CCCN(C(=O)c2ccc(Cl)c([N+](=O)[O-])c2)C1. The molecule has 1 aliphatic rings. The third kappa shape index (κ3) is 5.32. The van der Waals surface area contributed by atoms with Gasteiger partial charge in [-0.3, -0.25) is 14.9 Å². The number of nitrogens with one attached hydrogen (secondary N) is 1. The van der Waals surface area contributed by atoms with Gasteiger partial charge in [-0.25, -0.2) is 4.79 Å². The molecule has 0 unspecified atom stereocenters. The third-order valence-electron chi connectivity index (χ3n) is 3.82. The standard InChI is InChI=1S/C17H22ClN3O5/c1-17(2,3)26-16(23)19-12-5-4-8-20(10-12)15(22)11-6-7-13(18)14(9-11)21(24)25/h6-7,9,12H,4-5,8,10H2,1-3H3,(H,19,23)/t12-/m1/s1. The lowest BCUT2D eigenvalue weighted by atomic mass is 10.0. The molecule has 1 fully saturated rings. The Morgan fingerprint density at radius 3 is 2.69 bits per heavy atom. The van der Waals surface area contributed by atoms with Gasteiger partial charge >= 0.3 is 6.09 Å². The van der Waals surface area contributed by atoms with Gasteiger partial charge in [0.15, 0.2) is 0 Å². The van der Waals surface area contributed by atoms with E-state index in [-0.39, 0.29) is 28.2 Å². The van der Waals surface area contributed by atoms with Crippen LogP contribution < -0.4 is 5.32 Å². The zero-order valence-electron chi connectivity index (χ0n) is 15.0. The van der Waals surface area contributed by atoms with E-state index in [1.807, 2.05) is 0 Å². The molecule has 8 nitrogen and oxygen atoms in total. The lowest BCUT2D eigenvalue weighted by molar-refractivity contribution is -0.384. The van der Waals surface area contributed by atoms with Crippen molar-refractivity contribution < 1.29 is 19.2 Å². The summed E-state index contributed by atoms with van der Waals surface area (Å²) < 4.78 is 5.23. The van der Waals surface area contributed by atoms with E-state index in [1.165, 1.54) is 18.2 Å². The fourth-order valence-corrected chi connectivity index (χ4v) is 2.91. The highest BCUT2D eigenvalue weighted by atomic mass is 35.5. The van der Waals surface area contributed by atoms with E-state index in [0.29, 0.717) is 19.5 Å². The van der Waals surface area contributed by atoms with Crippen LogP contribution in [0.1, 0.15) is 44.0 Å². The fourth-order valence-electron chi connectivity index (χ4n) is 2.72. The number of amides is 2. The average molecular weight is 384 g/mol. The Hall–Kier alpha value is -2.35. The minimum Gasteiger partial charge on any atom is -0.444 e. The van der Waals surface area contributed by atoms with Crippen molar-refractivity contribution in [1.29, 1.82) is 0 Å². The van der Waals surface area contributed by atoms with Gasteiger partial charge in [0, 0.05) is 30.8 Å². The summed E-state index contributed by atoms with van der Waals surface area (Å²) in [4.78, 5) is 36.5. The van der Waals surface area contributed by atoms with Crippen molar-refractivity contribution in [2.45, 2.75) is 45.3 Å². The maximum Gasteiger partial charge on any atom is 0.407 e. The van der Waals surface area contributed by atoms with Gasteiger partial charge in [-0.2, -0.15) is 0 Å². The molecule has 2 rings (SSSR count). The predicted molar refractivity (Wildman–Crippen MR) is 96.4 cm³/mol. The second kappa shape index (κ2) is 7.90. The molecule has 2 amide bonds. The molecule has 9 heteroatoms. The number of ether oxygens (including phenoxy) is 1. The van der Waals surface area contributed by atoms with Crippen LogP contribution in [0.2, 0.25) is 5.02 Å². The van der Waals surface area contributed by atoms with Crippen molar-refractivity contribution >= 4 is 29.3 Å². The van der Waals surface area contributed by atoms with Crippen molar-refractivity contribution in [2.75, 3.05) is 13.1 Å². The number of alkyl carbamates (subject to hydrolysis) is 1. The first-order valence-corrected chi connectivity index (χ1v) is 8.67. The maximum atomic E-state index is 12.7. The van der Waals surface area contributed by atoms with Crippen LogP contribution in [0.4, 0.5) is 10.5 Å². The van der Waals surface area contributed by atoms with E-state index in [1.54, 1.807) is 25.7 Å². The Balaban J connectivity index is 2.05. The summed E-state index contributed by atoms with van der Waals surface area (Å²) in [5, 5.41) is 13.7. The van der Waals surface area contributed by atoms with Gasteiger partial charge in [0.25, 0.3) is 11.6 Å². The van der Waals surface area contributed by atoms with Crippen LogP contribution in [0, 0.1) is 10.1 Å². The number of halogens is 1. The van der Waals surface area contributed by atoms with Crippen molar-refractivity contribution in [3.8, 4) is 0 Å². The molecule has 0 aliphatic carbocycles. The molecule has 142 valence electrons. The van der Waals surface area contributed by atoms with Crippen LogP contribution in [-0.2, 0) is 4.74 Å². The number of hydrogen-bond acceptors (Lipinski definition) is 5. The number of nitro benzene ring substituents is 1. The Labute approximate surface area is 156 Å². The van der Waals surface area contributed by atoms with E-state index < -0.39 is 16.6 Å². The first-order valence-electron chi connectivity index (χ1n) is 8.29. The molecule has 1 aromatic carbocycles. The number of carbonyl (C=O) groups is 2. The number of carbonyl (C=O) groups excluding carboxylic acids is 2. The van der Waals surface area contributed by atoms with Crippen molar-refractivity contribution in [3.63, 3.8) is 0 Å². The number of likely N-dealkylation sites (tertiary alicyclic amines) is 1. The topological polar surface area (TPSA) is 102 Å². The second-order valence-corrected chi connectivity index (χ2v) is 7.57. The number of hydrogen-bond donors (Lipinski definition) is 1. The van der Waals surface area contributed by atoms with Crippen LogP contribution in [0.15, 0.2) is 18.2 Å². The molecular weight excluding hydrogens is 362 g/mol. The van der Waals surface area contributed by atoms with Crippen molar-refractivity contribution in [2.24, 2.45) is 0 Å². The molecule has 1 saturated heterocycles. The molecule has 0 bridgehead atoms. The van der Waals surface area contributed by atoms with E-state index in [9.17, 15) is 19.7 Å². The quantitative estimate of drug-likeness (QED) is 0.636. The van der Waals surface area contributed by atoms with Gasteiger partial charge in [-0.1, -0.05) is 11.6 Å². The van der Waals surface area contributed by atoms with Crippen LogP contribution in [0.25, 0.3) is 0 Å². The summed E-state index contributed by atoms with van der Waals surface area (Å²) in [6.45, 7) is 6.15. The number of benzene rings is 1. The predicted octanol–water partition coefficient (Wildman–Crippen LogP) is 3.38. The first kappa shape index (κ1) is 20.0. The van der Waals surface area contributed by atoms with Crippen LogP contribution in [0.3, 0.4) is 0 Å². The Kier molecular flexibility index (Phi) is 6.07. The molecule has 0 aromatic heterocycles. The summed E-state index contributed by atoms with van der Waals surface area (Å²) in [6, 6.07) is 3.75. The highest BCUT2D eigenvalue weighted by Crippen LogP contribution is 2.26. The van der Waals surface area contributed by atoms with E-state index >= 15 is 0 Å². The summed E-state index contributed by atoms with van der Waals surface area (Å²) in [7, 11) is 0. The van der Waals surface area contributed by atoms with E-state index in [0.717, 1.165) is 6.42 Å². The molecular formula is C17H22ClN3O5. The highest BCUT2D eigenvalue weighted by molar-refractivity contribution is 6.32. The monoisotopic (exact) mass is 383 g/mol. The molecule has 26 heavy (non-hydrogen) atoms. The Bertz CT molecular complexity index is 717. The normalized spacial score (nSPS) is 17.5. The number of nitro groups is 1. The molecule has 0 spiro atoms. The second-order valence-electron chi connectivity index (χ2n) is 7.16. The summed E-state index contributed by atoms with van der Waals surface area (Å²) in [6.07, 6.45) is 0.907. The smallest absolute Gasteiger partial charge is 0.407 e. The summed E-state index contributed by atoms with van der Waals surface area (Å²) in [5.41, 5.74) is -0.715. The minimum absolute atomic E-state index is 0.0188. The fraction of sp³-hybridized carbons (Fsp3) is 0.529. The molecule has 1 N–H and O–H groups in total. The molecule has 1 aromatic rings. The van der Waals surface area contributed by atoms with Gasteiger partial charge < -0.3 is 15.0 Å².